The van der Waals surface area contributed by atoms with E-state index in [0.717, 1.165) is 36.2 Å². The fraction of sp³-hybridized carbons (Fsp3) is 0.526. The smallest absolute Gasteiger partial charge is 0.251 e. The summed E-state index contributed by atoms with van der Waals surface area (Å²) in [6, 6.07) is 7.30. The van der Waals surface area contributed by atoms with E-state index >= 15 is 0 Å². The van der Waals surface area contributed by atoms with Crippen LogP contribution < -0.4 is 21.3 Å². The minimum absolute atomic E-state index is 0. The van der Waals surface area contributed by atoms with E-state index in [1.807, 2.05) is 19.1 Å². The summed E-state index contributed by atoms with van der Waals surface area (Å²) in [7, 11) is 0. The average molecular weight is 566 g/mol. The molecule has 1 aromatic carbocycles. The lowest BCUT2D eigenvalue weighted by Gasteiger charge is -2.12. The van der Waals surface area contributed by atoms with Crippen LogP contribution in [0.4, 0.5) is 0 Å². The summed E-state index contributed by atoms with van der Waals surface area (Å²) in [5, 5.41) is 12.2. The second-order valence-corrected chi connectivity index (χ2v) is 7.29. The summed E-state index contributed by atoms with van der Waals surface area (Å²) < 4.78 is 0.884. The number of nitrogens with zero attached hydrogens (tertiary/aromatic N) is 1. The second kappa shape index (κ2) is 13.8. The van der Waals surface area contributed by atoms with Gasteiger partial charge in [0.05, 0.1) is 0 Å². The molecule has 0 radical (unpaired) electrons. The number of aliphatic imine (C=N–C) groups is 1. The number of nitrogens with one attached hydrogen (secondary N) is 4. The van der Waals surface area contributed by atoms with Crippen LogP contribution >= 0.6 is 39.9 Å². The highest BCUT2D eigenvalue weighted by Crippen LogP contribution is 2.28. The molecule has 1 aliphatic rings. The van der Waals surface area contributed by atoms with Gasteiger partial charge in [-0.05, 0) is 44.4 Å². The van der Waals surface area contributed by atoms with E-state index in [2.05, 4.69) is 42.2 Å². The monoisotopic (exact) mass is 565 g/mol. The van der Waals surface area contributed by atoms with Crippen molar-refractivity contribution in [3.8, 4) is 0 Å². The van der Waals surface area contributed by atoms with Crippen LogP contribution in [0.5, 0.6) is 0 Å². The lowest BCUT2D eigenvalue weighted by molar-refractivity contribution is -0.122. The normalized spacial score (nSPS) is 13.3. The van der Waals surface area contributed by atoms with Crippen molar-refractivity contribution in [2.24, 2.45) is 10.9 Å². The van der Waals surface area contributed by atoms with Crippen LogP contribution in [0.1, 0.15) is 36.5 Å². The number of amides is 2. The molecule has 1 aromatic rings. The summed E-state index contributed by atoms with van der Waals surface area (Å²) in [6.45, 7) is 5.14. The third-order valence-corrected chi connectivity index (χ3v) is 4.48. The van der Waals surface area contributed by atoms with Crippen molar-refractivity contribution >= 4 is 57.7 Å². The van der Waals surface area contributed by atoms with Gasteiger partial charge in [-0.15, -0.1) is 24.0 Å². The molecule has 0 atom stereocenters. The Morgan fingerprint density at radius 3 is 2.54 bits per heavy atom. The fourth-order valence-electron chi connectivity index (χ4n) is 2.40. The van der Waals surface area contributed by atoms with Gasteiger partial charge in [-0.3, -0.25) is 14.6 Å². The van der Waals surface area contributed by atoms with Crippen LogP contribution in [-0.2, 0) is 4.79 Å². The maximum Gasteiger partial charge on any atom is 0.251 e. The molecule has 0 aromatic heterocycles. The molecular formula is C19H29BrIN5O2. The first-order valence-corrected chi connectivity index (χ1v) is 10.2. The number of carbonyl (C=O) groups is 2. The summed E-state index contributed by atoms with van der Waals surface area (Å²) in [5.41, 5.74) is 0.635. The van der Waals surface area contributed by atoms with Gasteiger partial charge in [-0.25, -0.2) is 0 Å². The molecular weight excluding hydrogens is 537 g/mol. The molecule has 0 saturated heterocycles. The predicted molar refractivity (Wildman–Crippen MR) is 126 cm³/mol. The number of carbonyl (C=O) groups excluding carboxylic acids is 2. The van der Waals surface area contributed by atoms with Crippen molar-refractivity contribution < 1.29 is 9.59 Å². The van der Waals surface area contributed by atoms with Crippen molar-refractivity contribution in [1.82, 2.24) is 21.3 Å². The summed E-state index contributed by atoms with van der Waals surface area (Å²) in [5.74, 6) is 1.02. The van der Waals surface area contributed by atoms with Crippen molar-refractivity contribution in [2.75, 3.05) is 32.7 Å². The standard InChI is InChI=1S/C19H28BrN5O2.HI/c1-2-21-19(25-12-11-23-17(26)14-7-8-14)24-10-4-9-22-18(27)15-5-3-6-16(20)13-15;/h3,5-6,13-14H,2,4,7-12H2,1H3,(H,22,27)(H,23,26)(H2,21,24,25);1H. The van der Waals surface area contributed by atoms with Crippen molar-refractivity contribution in [3.63, 3.8) is 0 Å². The van der Waals surface area contributed by atoms with Crippen molar-refractivity contribution in [2.45, 2.75) is 26.2 Å². The third kappa shape index (κ3) is 9.72. The van der Waals surface area contributed by atoms with Gasteiger partial charge in [-0.1, -0.05) is 22.0 Å². The zero-order valence-electron chi connectivity index (χ0n) is 16.1. The molecule has 4 N–H and O–H groups in total. The zero-order valence-corrected chi connectivity index (χ0v) is 20.0. The van der Waals surface area contributed by atoms with E-state index in [1.165, 1.54) is 0 Å². The molecule has 7 nitrogen and oxygen atoms in total. The van der Waals surface area contributed by atoms with Crippen LogP contribution in [0.3, 0.4) is 0 Å². The first kappa shape index (κ1) is 24.7. The summed E-state index contributed by atoms with van der Waals surface area (Å²) >= 11 is 3.36. The molecule has 0 unspecified atom stereocenters. The Labute approximate surface area is 192 Å². The van der Waals surface area contributed by atoms with Gasteiger partial charge in [0.1, 0.15) is 0 Å². The van der Waals surface area contributed by atoms with Gasteiger partial charge in [0.25, 0.3) is 5.91 Å². The topological polar surface area (TPSA) is 94.6 Å². The molecule has 1 fully saturated rings. The van der Waals surface area contributed by atoms with Crippen LogP contribution in [-0.4, -0.2) is 50.5 Å². The van der Waals surface area contributed by atoms with Gasteiger partial charge in [0.15, 0.2) is 5.96 Å². The SMILES string of the molecule is CCNC(=NCCCNC(=O)c1cccc(Br)c1)NCCNC(=O)C1CC1.I. The van der Waals surface area contributed by atoms with E-state index in [1.54, 1.807) is 12.1 Å². The van der Waals surface area contributed by atoms with Gasteiger partial charge in [-0.2, -0.15) is 0 Å². The highest BCUT2D eigenvalue weighted by atomic mass is 127. The van der Waals surface area contributed by atoms with Crippen molar-refractivity contribution in [3.05, 3.63) is 34.3 Å². The molecule has 1 aliphatic carbocycles. The van der Waals surface area contributed by atoms with Gasteiger partial charge in [0, 0.05) is 48.7 Å². The third-order valence-electron chi connectivity index (χ3n) is 3.99. The summed E-state index contributed by atoms with van der Waals surface area (Å²) in [6.07, 6.45) is 2.78. The maximum atomic E-state index is 12.1. The van der Waals surface area contributed by atoms with E-state index in [9.17, 15) is 9.59 Å². The number of benzene rings is 1. The first-order valence-electron chi connectivity index (χ1n) is 9.43. The van der Waals surface area contributed by atoms with Gasteiger partial charge < -0.3 is 21.3 Å². The van der Waals surface area contributed by atoms with E-state index < -0.39 is 0 Å². The Morgan fingerprint density at radius 2 is 1.86 bits per heavy atom. The van der Waals surface area contributed by atoms with Gasteiger partial charge >= 0.3 is 0 Å². The van der Waals surface area contributed by atoms with Gasteiger partial charge in [0.2, 0.25) is 5.91 Å². The highest BCUT2D eigenvalue weighted by Gasteiger charge is 2.28. The van der Waals surface area contributed by atoms with Crippen LogP contribution in [0.15, 0.2) is 33.7 Å². The fourth-order valence-corrected chi connectivity index (χ4v) is 2.80. The molecule has 1 saturated carbocycles. The quantitative estimate of drug-likeness (QED) is 0.151. The first-order chi connectivity index (χ1) is 13.1. The van der Waals surface area contributed by atoms with Crippen LogP contribution in [0.25, 0.3) is 0 Å². The van der Waals surface area contributed by atoms with E-state index in [-0.39, 0.29) is 41.7 Å². The molecule has 0 bridgehead atoms. The maximum absolute atomic E-state index is 12.1. The number of hydrogen-bond acceptors (Lipinski definition) is 3. The highest BCUT2D eigenvalue weighted by molar-refractivity contribution is 14.0. The van der Waals surface area contributed by atoms with E-state index in [4.69, 9.17) is 0 Å². The number of guanidine groups is 1. The molecule has 0 spiro atoms. The Bertz CT molecular complexity index is 667. The number of rotatable bonds is 10. The van der Waals surface area contributed by atoms with Crippen LogP contribution in [0.2, 0.25) is 0 Å². The average Bonchev–Trinajstić information content (AvgIpc) is 3.49. The second-order valence-electron chi connectivity index (χ2n) is 6.37. The Hall–Kier alpha value is -1.36. The molecule has 28 heavy (non-hydrogen) atoms. The molecule has 2 amide bonds. The number of halogens is 2. The van der Waals surface area contributed by atoms with E-state index in [0.29, 0.717) is 31.7 Å². The Kier molecular flexibility index (Phi) is 12.1. The minimum atomic E-state index is -0.0864. The number of hydrogen-bond donors (Lipinski definition) is 4. The lowest BCUT2D eigenvalue weighted by atomic mass is 10.2. The molecule has 0 aliphatic heterocycles. The largest absolute Gasteiger partial charge is 0.357 e. The molecule has 2 rings (SSSR count). The molecule has 9 heteroatoms. The Balaban J connectivity index is 0.00000392. The lowest BCUT2D eigenvalue weighted by Crippen LogP contribution is -2.41. The van der Waals surface area contributed by atoms with Crippen molar-refractivity contribution in [1.29, 1.82) is 0 Å². The Morgan fingerprint density at radius 1 is 1.11 bits per heavy atom. The summed E-state index contributed by atoms with van der Waals surface area (Å²) in [4.78, 5) is 28.1. The van der Waals surface area contributed by atoms with Crippen LogP contribution in [0, 0.1) is 5.92 Å². The predicted octanol–water partition coefficient (Wildman–Crippen LogP) is 2.27. The molecule has 156 valence electrons. The molecule has 0 heterocycles. The minimum Gasteiger partial charge on any atom is -0.357 e. The zero-order chi connectivity index (χ0) is 19.5.